The molecule has 0 aliphatic carbocycles. The molecular weight excluding hydrogens is 270 g/mol. The Kier molecular flexibility index (Phi) is 10.4. The van der Waals surface area contributed by atoms with Gasteiger partial charge in [-0.25, -0.2) is 0 Å². The van der Waals surface area contributed by atoms with Gasteiger partial charge in [0.1, 0.15) is 0 Å². The van der Waals surface area contributed by atoms with Crippen molar-refractivity contribution in [2.24, 2.45) is 0 Å². The Hall–Kier alpha value is -0.690. The van der Waals surface area contributed by atoms with Gasteiger partial charge in [-0.1, -0.05) is 0 Å². The minimum absolute atomic E-state index is 0.0299. The summed E-state index contributed by atoms with van der Waals surface area (Å²) in [5.41, 5.74) is 0. The first-order chi connectivity index (χ1) is 10.2. The molecule has 0 radical (unpaired) electrons. The van der Waals surface area contributed by atoms with E-state index in [0.717, 1.165) is 58.8 Å². The van der Waals surface area contributed by atoms with Crippen LogP contribution in [0.2, 0.25) is 0 Å². The summed E-state index contributed by atoms with van der Waals surface area (Å²) in [6.07, 6.45) is 2.45. The van der Waals surface area contributed by atoms with Crippen molar-refractivity contribution in [3.05, 3.63) is 0 Å². The fourth-order valence-electron chi connectivity index (χ4n) is 2.17. The van der Waals surface area contributed by atoms with Crippen LogP contribution in [0, 0.1) is 0 Å². The number of nitrogens with one attached hydrogen (secondary N) is 1. The van der Waals surface area contributed by atoms with E-state index in [1.807, 2.05) is 0 Å². The molecule has 1 fully saturated rings. The standard InChI is InChI=1S/C15H31N3O3/c1-16-15(19)5-13-20-11-3-4-12-21-14-10-18-8-6-17(2)7-9-18/h3-14H2,1-2H3,(H,16,19). The van der Waals surface area contributed by atoms with Crippen LogP contribution in [-0.2, 0) is 14.3 Å². The van der Waals surface area contributed by atoms with E-state index < -0.39 is 0 Å². The number of piperazine rings is 1. The molecule has 0 unspecified atom stereocenters. The maximum atomic E-state index is 10.9. The molecule has 1 aliphatic rings. The SMILES string of the molecule is CNC(=O)CCOCCCCOCCN1CCN(C)CC1. The van der Waals surface area contributed by atoms with Crippen LogP contribution in [0.4, 0.5) is 0 Å². The van der Waals surface area contributed by atoms with Crippen molar-refractivity contribution in [3.8, 4) is 0 Å². The summed E-state index contributed by atoms with van der Waals surface area (Å²) in [5, 5.41) is 2.57. The third-order valence-corrected chi connectivity index (χ3v) is 3.73. The van der Waals surface area contributed by atoms with E-state index >= 15 is 0 Å². The van der Waals surface area contributed by atoms with E-state index in [9.17, 15) is 4.79 Å². The van der Waals surface area contributed by atoms with Crippen LogP contribution in [0.1, 0.15) is 19.3 Å². The fourth-order valence-corrected chi connectivity index (χ4v) is 2.17. The number of rotatable bonds is 11. The molecule has 0 aromatic heterocycles. The highest BCUT2D eigenvalue weighted by atomic mass is 16.5. The second kappa shape index (κ2) is 11.9. The Morgan fingerprint density at radius 3 is 2.24 bits per heavy atom. The average Bonchev–Trinajstić information content (AvgIpc) is 2.50. The molecule has 1 N–H and O–H groups in total. The molecular formula is C15H31N3O3. The van der Waals surface area contributed by atoms with E-state index in [0.29, 0.717) is 19.6 Å². The zero-order valence-electron chi connectivity index (χ0n) is 13.6. The predicted molar refractivity (Wildman–Crippen MR) is 83.5 cm³/mol. The first-order valence-electron chi connectivity index (χ1n) is 7.99. The van der Waals surface area contributed by atoms with Gasteiger partial charge in [0.15, 0.2) is 0 Å². The molecule has 1 amide bonds. The quantitative estimate of drug-likeness (QED) is 0.552. The summed E-state index contributed by atoms with van der Waals surface area (Å²) < 4.78 is 11.0. The molecule has 1 saturated heterocycles. The molecule has 0 saturated carbocycles. The van der Waals surface area contributed by atoms with Crippen LogP contribution in [0.25, 0.3) is 0 Å². The number of carbonyl (C=O) groups excluding carboxylic acids is 1. The van der Waals surface area contributed by atoms with Crippen molar-refractivity contribution in [1.29, 1.82) is 0 Å². The van der Waals surface area contributed by atoms with Crippen molar-refractivity contribution in [3.63, 3.8) is 0 Å². The summed E-state index contributed by atoms with van der Waals surface area (Å²) in [7, 11) is 3.81. The Bertz CT molecular complexity index is 269. The molecule has 1 heterocycles. The largest absolute Gasteiger partial charge is 0.381 e. The third-order valence-electron chi connectivity index (χ3n) is 3.73. The average molecular weight is 301 g/mol. The van der Waals surface area contributed by atoms with E-state index in [4.69, 9.17) is 9.47 Å². The second-order valence-corrected chi connectivity index (χ2v) is 5.50. The van der Waals surface area contributed by atoms with Crippen molar-refractivity contribution in [1.82, 2.24) is 15.1 Å². The van der Waals surface area contributed by atoms with E-state index in [1.54, 1.807) is 7.05 Å². The van der Waals surface area contributed by atoms with Crippen LogP contribution in [0.3, 0.4) is 0 Å². The third kappa shape index (κ3) is 9.79. The number of hydrogen-bond acceptors (Lipinski definition) is 5. The van der Waals surface area contributed by atoms with Gasteiger partial charge in [0, 0.05) is 59.4 Å². The van der Waals surface area contributed by atoms with Gasteiger partial charge in [-0.3, -0.25) is 9.69 Å². The number of ether oxygens (including phenoxy) is 2. The monoisotopic (exact) mass is 301 g/mol. The Balaban J connectivity index is 1.77. The summed E-state index contributed by atoms with van der Waals surface area (Å²) in [5.74, 6) is 0.0299. The normalized spacial score (nSPS) is 17.0. The molecule has 0 aromatic carbocycles. The minimum atomic E-state index is 0.0299. The van der Waals surface area contributed by atoms with Gasteiger partial charge in [-0.05, 0) is 19.9 Å². The predicted octanol–water partition coefficient (Wildman–Crippen LogP) is 0.183. The van der Waals surface area contributed by atoms with Crippen LogP contribution in [-0.4, -0.2) is 89.0 Å². The number of likely N-dealkylation sites (N-methyl/N-ethyl adjacent to an activating group) is 1. The van der Waals surface area contributed by atoms with E-state index in [1.165, 1.54) is 0 Å². The molecule has 0 spiro atoms. The molecule has 6 heteroatoms. The summed E-state index contributed by atoms with van der Waals surface area (Å²) in [4.78, 5) is 15.8. The van der Waals surface area contributed by atoms with Gasteiger partial charge >= 0.3 is 0 Å². The van der Waals surface area contributed by atoms with Gasteiger partial charge in [-0.2, -0.15) is 0 Å². The van der Waals surface area contributed by atoms with Crippen molar-refractivity contribution >= 4 is 5.91 Å². The van der Waals surface area contributed by atoms with Crippen LogP contribution >= 0.6 is 0 Å². The Morgan fingerprint density at radius 1 is 1.00 bits per heavy atom. The van der Waals surface area contributed by atoms with Gasteiger partial charge in [0.05, 0.1) is 13.2 Å². The molecule has 21 heavy (non-hydrogen) atoms. The lowest BCUT2D eigenvalue weighted by Crippen LogP contribution is -2.45. The van der Waals surface area contributed by atoms with Crippen molar-refractivity contribution in [2.75, 3.05) is 73.2 Å². The number of carbonyl (C=O) groups is 1. The van der Waals surface area contributed by atoms with Gasteiger partial charge in [0.2, 0.25) is 5.91 Å². The van der Waals surface area contributed by atoms with Crippen molar-refractivity contribution in [2.45, 2.75) is 19.3 Å². The number of nitrogens with zero attached hydrogens (tertiary/aromatic N) is 2. The van der Waals surface area contributed by atoms with Crippen LogP contribution < -0.4 is 5.32 Å². The lowest BCUT2D eigenvalue weighted by Gasteiger charge is -2.32. The molecule has 0 aromatic rings. The van der Waals surface area contributed by atoms with Crippen LogP contribution in [0.5, 0.6) is 0 Å². The highest BCUT2D eigenvalue weighted by molar-refractivity contribution is 5.75. The molecule has 0 bridgehead atoms. The first kappa shape index (κ1) is 18.4. The van der Waals surface area contributed by atoms with Crippen molar-refractivity contribution < 1.29 is 14.3 Å². The fraction of sp³-hybridized carbons (Fsp3) is 0.933. The number of hydrogen-bond donors (Lipinski definition) is 1. The highest BCUT2D eigenvalue weighted by Gasteiger charge is 2.12. The number of unbranched alkanes of at least 4 members (excludes halogenated alkanes) is 1. The smallest absolute Gasteiger partial charge is 0.222 e. The molecule has 124 valence electrons. The summed E-state index contributed by atoms with van der Waals surface area (Å²) >= 11 is 0. The van der Waals surface area contributed by atoms with E-state index in [-0.39, 0.29) is 5.91 Å². The molecule has 1 aliphatic heterocycles. The summed E-state index contributed by atoms with van der Waals surface area (Å²) in [6, 6.07) is 0. The van der Waals surface area contributed by atoms with Gasteiger partial charge in [-0.15, -0.1) is 0 Å². The lowest BCUT2D eigenvalue weighted by molar-refractivity contribution is -0.121. The van der Waals surface area contributed by atoms with E-state index in [2.05, 4.69) is 22.2 Å². The number of amides is 1. The Morgan fingerprint density at radius 2 is 1.62 bits per heavy atom. The molecule has 0 atom stereocenters. The molecule has 1 rings (SSSR count). The maximum Gasteiger partial charge on any atom is 0.222 e. The second-order valence-electron chi connectivity index (χ2n) is 5.50. The van der Waals surface area contributed by atoms with Gasteiger partial charge in [0.25, 0.3) is 0 Å². The molecule has 6 nitrogen and oxygen atoms in total. The van der Waals surface area contributed by atoms with Crippen LogP contribution in [0.15, 0.2) is 0 Å². The summed E-state index contributed by atoms with van der Waals surface area (Å²) in [6.45, 7) is 8.49. The highest BCUT2D eigenvalue weighted by Crippen LogP contribution is 1.99. The van der Waals surface area contributed by atoms with Gasteiger partial charge < -0.3 is 19.7 Å². The zero-order valence-corrected chi connectivity index (χ0v) is 13.6. The lowest BCUT2D eigenvalue weighted by atomic mass is 10.3. The Labute approximate surface area is 128 Å². The minimum Gasteiger partial charge on any atom is -0.381 e. The zero-order chi connectivity index (χ0) is 15.3. The first-order valence-corrected chi connectivity index (χ1v) is 7.99. The maximum absolute atomic E-state index is 10.9. The topological polar surface area (TPSA) is 54.0 Å².